The zero-order valence-electron chi connectivity index (χ0n) is 21.2. The summed E-state index contributed by atoms with van der Waals surface area (Å²) in [5.41, 5.74) is 1.95. The second kappa shape index (κ2) is 23.5. The van der Waals surface area contributed by atoms with Crippen molar-refractivity contribution >= 4 is 8.56 Å². The van der Waals surface area contributed by atoms with Crippen molar-refractivity contribution in [1.29, 1.82) is 0 Å². The van der Waals surface area contributed by atoms with Gasteiger partial charge in [0.05, 0.1) is 0 Å². The Morgan fingerprint density at radius 1 is 0.500 bits per heavy atom. The Morgan fingerprint density at radius 3 is 1.03 bits per heavy atom. The molecule has 2 nitrogen and oxygen atoms in total. The third-order valence-electron chi connectivity index (χ3n) is 6.14. The fourth-order valence-electron chi connectivity index (χ4n) is 3.89. The fraction of sp³-hybridized carbons (Fsp3) is 0.926. The molecule has 0 N–H and O–H groups in total. The van der Waals surface area contributed by atoms with E-state index in [4.69, 9.17) is 8.85 Å². The summed E-state index contributed by atoms with van der Waals surface area (Å²) in [5.74, 6) is 0. The SMILES string of the molecule is C=C[Si](C)(OCCCCCCCC)OCCCCCCCCCCCCCCCC. The summed E-state index contributed by atoms with van der Waals surface area (Å²) in [6, 6.07) is 0. The Hall–Kier alpha value is -0.123. The molecule has 0 rings (SSSR count). The van der Waals surface area contributed by atoms with Crippen molar-refractivity contribution in [1.82, 2.24) is 0 Å². The van der Waals surface area contributed by atoms with Crippen LogP contribution in [0.2, 0.25) is 6.55 Å². The summed E-state index contributed by atoms with van der Waals surface area (Å²) >= 11 is 0. The van der Waals surface area contributed by atoms with Crippen molar-refractivity contribution in [2.24, 2.45) is 0 Å². The van der Waals surface area contributed by atoms with Crippen LogP contribution >= 0.6 is 0 Å². The zero-order chi connectivity index (χ0) is 22.2. The van der Waals surface area contributed by atoms with Crippen LogP contribution in [-0.4, -0.2) is 21.8 Å². The summed E-state index contributed by atoms with van der Waals surface area (Å²) in [6.45, 7) is 12.3. The highest BCUT2D eigenvalue weighted by atomic mass is 28.4. The molecule has 0 amide bonds. The van der Waals surface area contributed by atoms with E-state index in [1.807, 2.05) is 5.70 Å². The van der Waals surface area contributed by atoms with Gasteiger partial charge in [0.25, 0.3) is 0 Å². The number of hydrogen-bond donors (Lipinski definition) is 0. The van der Waals surface area contributed by atoms with Crippen LogP contribution in [-0.2, 0) is 8.85 Å². The van der Waals surface area contributed by atoms with Gasteiger partial charge < -0.3 is 8.85 Å². The summed E-state index contributed by atoms with van der Waals surface area (Å²) in [7, 11) is -2.14. The average molecular weight is 441 g/mol. The van der Waals surface area contributed by atoms with E-state index >= 15 is 0 Å². The predicted molar refractivity (Wildman–Crippen MR) is 137 cm³/mol. The molecule has 0 aromatic heterocycles. The molecule has 0 radical (unpaired) electrons. The zero-order valence-corrected chi connectivity index (χ0v) is 22.2. The highest BCUT2D eigenvalue weighted by molar-refractivity contribution is 6.71. The molecule has 3 heteroatoms. The minimum absolute atomic E-state index is 0.833. The van der Waals surface area contributed by atoms with Gasteiger partial charge in [0.15, 0.2) is 0 Å². The first-order chi connectivity index (χ1) is 14.7. The maximum atomic E-state index is 6.13. The Labute approximate surface area is 191 Å². The topological polar surface area (TPSA) is 18.5 Å². The van der Waals surface area contributed by atoms with Gasteiger partial charge in [-0.25, -0.2) is 0 Å². The largest absolute Gasteiger partial charge is 0.391 e. The molecular formula is C27H56O2Si. The monoisotopic (exact) mass is 440 g/mol. The Bertz CT molecular complexity index is 348. The van der Waals surface area contributed by atoms with Crippen LogP contribution in [0.25, 0.3) is 0 Å². The highest BCUT2D eigenvalue weighted by Crippen LogP contribution is 2.15. The number of rotatable bonds is 25. The Morgan fingerprint density at radius 2 is 0.767 bits per heavy atom. The van der Waals surface area contributed by atoms with Gasteiger partial charge in [-0.1, -0.05) is 129 Å². The quantitative estimate of drug-likeness (QED) is 0.104. The molecule has 0 heterocycles. The van der Waals surface area contributed by atoms with Crippen LogP contribution in [0.1, 0.15) is 142 Å². The Balaban J connectivity index is 3.40. The van der Waals surface area contributed by atoms with Crippen LogP contribution in [0.4, 0.5) is 0 Å². The van der Waals surface area contributed by atoms with E-state index in [1.165, 1.54) is 116 Å². The van der Waals surface area contributed by atoms with Crippen molar-refractivity contribution in [3.8, 4) is 0 Å². The van der Waals surface area contributed by atoms with Crippen molar-refractivity contribution < 1.29 is 8.85 Å². The lowest BCUT2D eigenvalue weighted by atomic mass is 10.0. The third-order valence-corrected chi connectivity index (χ3v) is 8.44. The van der Waals surface area contributed by atoms with Crippen LogP contribution in [0.15, 0.2) is 12.3 Å². The van der Waals surface area contributed by atoms with Gasteiger partial charge in [-0.05, 0) is 25.1 Å². The molecule has 0 aliphatic rings. The molecule has 30 heavy (non-hydrogen) atoms. The highest BCUT2D eigenvalue weighted by Gasteiger charge is 2.26. The molecule has 0 saturated carbocycles. The molecule has 0 saturated heterocycles. The first kappa shape index (κ1) is 29.9. The van der Waals surface area contributed by atoms with E-state index in [1.54, 1.807) is 0 Å². The summed E-state index contributed by atoms with van der Waals surface area (Å²) in [5, 5.41) is 0. The molecule has 0 bridgehead atoms. The van der Waals surface area contributed by atoms with E-state index in [0.717, 1.165) is 26.1 Å². The number of unbranched alkanes of at least 4 members (excludes halogenated alkanes) is 18. The van der Waals surface area contributed by atoms with E-state index in [9.17, 15) is 0 Å². The van der Waals surface area contributed by atoms with Gasteiger partial charge in [0.2, 0.25) is 0 Å². The van der Waals surface area contributed by atoms with Crippen molar-refractivity contribution in [2.75, 3.05) is 13.2 Å². The van der Waals surface area contributed by atoms with Crippen LogP contribution in [0, 0.1) is 0 Å². The minimum atomic E-state index is -2.14. The van der Waals surface area contributed by atoms with Crippen LogP contribution in [0.3, 0.4) is 0 Å². The second-order valence-corrected chi connectivity index (χ2v) is 12.3. The molecule has 0 aliphatic carbocycles. The maximum absolute atomic E-state index is 6.13. The van der Waals surface area contributed by atoms with Crippen molar-refractivity contribution in [2.45, 2.75) is 149 Å². The smallest absolute Gasteiger partial charge is 0.361 e. The summed E-state index contributed by atoms with van der Waals surface area (Å²) in [6.07, 6.45) is 27.3. The van der Waals surface area contributed by atoms with Gasteiger partial charge >= 0.3 is 8.56 Å². The Kier molecular flexibility index (Phi) is 23.4. The van der Waals surface area contributed by atoms with Gasteiger partial charge in [-0.15, -0.1) is 6.58 Å². The molecule has 180 valence electrons. The molecule has 0 spiro atoms. The van der Waals surface area contributed by atoms with Crippen molar-refractivity contribution in [3.63, 3.8) is 0 Å². The molecule has 1 atom stereocenters. The summed E-state index contributed by atoms with van der Waals surface area (Å²) in [4.78, 5) is 0. The molecular weight excluding hydrogens is 384 g/mol. The van der Waals surface area contributed by atoms with Crippen molar-refractivity contribution in [3.05, 3.63) is 12.3 Å². The van der Waals surface area contributed by atoms with Gasteiger partial charge in [-0.3, -0.25) is 0 Å². The average Bonchev–Trinajstić information content (AvgIpc) is 2.76. The van der Waals surface area contributed by atoms with Gasteiger partial charge in [0, 0.05) is 13.2 Å². The molecule has 0 aromatic rings. The first-order valence-corrected chi connectivity index (χ1v) is 16.0. The maximum Gasteiger partial charge on any atom is 0.361 e. The molecule has 0 aromatic carbocycles. The van der Waals surface area contributed by atoms with Gasteiger partial charge in [0.1, 0.15) is 0 Å². The normalized spacial score (nSPS) is 13.4. The lowest BCUT2D eigenvalue weighted by Gasteiger charge is -2.23. The predicted octanol–water partition coefficient (Wildman–Crippen LogP) is 9.66. The van der Waals surface area contributed by atoms with E-state index in [2.05, 4.69) is 27.0 Å². The first-order valence-electron chi connectivity index (χ1n) is 13.6. The second-order valence-electron chi connectivity index (χ2n) is 9.28. The van der Waals surface area contributed by atoms with E-state index < -0.39 is 8.56 Å². The van der Waals surface area contributed by atoms with Crippen LogP contribution < -0.4 is 0 Å². The lowest BCUT2D eigenvalue weighted by Crippen LogP contribution is -2.37. The third kappa shape index (κ3) is 21.1. The standard InChI is InChI=1S/C27H56O2Si/c1-5-8-10-12-14-15-16-17-18-19-20-21-23-25-27-29-30(4,7-3)28-26-24-22-13-11-9-6-2/h7H,3,5-6,8-27H2,1-2,4H3. The number of hydrogen-bond acceptors (Lipinski definition) is 2. The molecule has 0 fully saturated rings. The fourth-order valence-corrected chi connectivity index (χ4v) is 5.31. The van der Waals surface area contributed by atoms with E-state index in [0.29, 0.717) is 0 Å². The van der Waals surface area contributed by atoms with Gasteiger partial charge in [-0.2, -0.15) is 0 Å². The molecule has 0 aliphatic heterocycles. The van der Waals surface area contributed by atoms with E-state index in [-0.39, 0.29) is 0 Å². The lowest BCUT2D eigenvalue weighted by molar-refractivity contribution is 0.177. The minimum Gasteiger partial charge on any atom is -0.391 e. The molecule has 1 unspecified atom stereocenters. The van der Waals surface area contributed by atoms with Crippen LogP contribution in [0.5, 0.6) is 0 Å². The summed E-state index contributed by atoms with van der Waals surface area (Å²) < 4.78 is 12.2.